The number of nitro groups is 1. The van der Waals surface area contributed by atoms with Gasteiger partial charge in [-0.3, -0.25) is 10.1 Å². The first-order valence-corrected chi connectivity index (χ1v) is 5.24. The maximum Gasteiger partial charge on any atom is 0.269 e. The van der Waals surface area contributed by atoms with Gasteiger partial charge in [-0.2, -0.15) is 0 Å². The molecule has 0 aliphatic rings. The van der Waals surface area contributed by atoms with Crippen molar-refractivity contribution in [1.29, 1.82) is 0 Å². The molecule has 7 heteroatoms. The van der Waals surface area contributed by atoms with Crippen LogP contribution in [0, 0.1) is 17.0 Å². The van der Waals surface area contributed by atoms with Crippen LogP contribution in [0.1, 0.15) is 5.56 Å². The van der Waals surface area contributed by atoms with E-state index in [4.69, 9.17) is 5.73 Å². The second kappa shape index (κ2) is 3.86. The number of nitro benzene ring substituents is 1. The number of aromatic nitrogens is 2. The summed E-state index contributed by atoms with van der Waals surface area (Å²) in [6.45, 7) is 1.79. The van der Waals surface area contributed by atoms with Gasteiger partial charge in [-0.15, -0.1) is 10.2 Å². The summed E-state index contributed by atoms with van der Waals surface area (Å²) < 4.78 is 0. The third kappa shape index (κ3) is 1.84. The second-order valence-electron chi connectivity index (χ2n) is 3.20. The van der Waals surface area contributed by atoms with Crippen LogP contribution < -0.4 is 5.73 Å². The molecule has 82 valence electrons. The Morgan fingerprint density at radius 3 is 2.69 bits per heavy atom. The Morgan fingerprint density at radius 1 is 1.44 bits per heavy atom. The first kappa shape index (κ1) is 10.5. The van der Waals surface area contributed by atoms with Gasteiger partial charge >= 0.3 is 0 Å². The van der Waals surface area contributed by atoms with Crippen molar-refractivity contribution in [3.63, 3.8) is 0 Å². The smallest absolute Gasteiger partial charge is 0.269 e. The minimum Gasteiger partial charge on any atom is -0.374 e. The lowest BCUT2D eigenvalue weighted by molar-refractivity contribution is -0.384. The highest BCUT2D eigenvalue weighted by Gasteiger charge is 2.12. The molecule has 0 amide bonds. The lowest BCUT2D eigenvalue weighted by atomic mass is 10.1. The number of rotatable bonds is 2. The number of hydrogen-bond donors (Lipinski definition) is 1. The van der Waals surface area contributed by atoms with Crippen LogP contribution in [-0.4, -0.2) is 15.1 Å². The van der Waals surface area contributed by atoms with Crippen LogP contribution in [-0.2, 0) is 0 Å². The van der Waals surface area contributed by atoms with Crippen LogP contribution in [0.5, 0.6) is 0 Å². The van der Waals surface area contributed by atoms with Gasteiger partial charge in [0, 0.05) is 17.7 Å². The first-order chi connectivity index (χ1) is 7.58. The molecule has 0 fully saturated rings. The summed E-state index contributed by atoms with van der Waals surface area (Å²) in [5.74, 6) is 0. The topological polar surface area (TPSA) is 94.9 Å². The summed E-state index contributed by atoms with van der Waals surface area (Å²) in [6.07, 6.45) is 0. The van der Waals surface area contributed by atoms with Crippen molar-refractivity contribution in [1.82, 2.24) is 10.2 Å². The van der Waals surface area contributed by atoms with Gasteiger partial charge in [-0.05, 0) is 18.6 Å². The third-order valence-corrected chi connectivity index (χ3v) is 2.88. The summed E-state index contributed by atoms with van der Waals surface area (Å²) in [5.41, 5.74) is 7.15. The van der Waals surface area contributed by atoms with Gasteiger partial charge in [0.05, 0.1) is 4.92 Å². The lowest BCUT2D eigenvalue weighted by Crippen LogP contribution is -1.90. The zero-order valence-electron chi connectivity index (χ0n) is 8.38. The highest BCUT2D eigenvalue weighted by Crippen LogP contribution is 2.29. The zero-order valence-corrected chi connectivity index (χ0v) is 9.19. The van der Waals surface area contributed by atoms with E-state index < -0.39 is 4.92 Å². The molecular weight excluding hydrogens is 228 g/mol. The average Bonchev–Trinajstić information content (AvgIpc) is 2.64. The quantitative estimate of drug-likeness (QED) is 0.635. The summed E-state index contributed by atoms with van der Waals surface area (Å²) in [6, 6.07) is 4.61. The van der Waals surface area contributed by atoms with Crippen LogP contribution in [0.2, 0.25) is 0 Å². The van der Waals surface area contributed by atoms with Crippen molar-refractivity contribution >= 4 is 22.2 Å². The van der Waals surface area contributed by atoms with E-state index >= 15 is 0 Å². The number of hydrogen-bond acceptors (Lipinski definition) is 6. The van der Waals surface area contributed by atoms with Crippen molar-refractivity contribution < 1.29 is 4.92 Å². The van der Waals surface area contributed by atoms with Gasteiger partial charge < -0.3 is 5.73 Å². The van der Waals surface area contributed by atoms with Gasteiger partial charge in [0.25, 0.3) is 5.69 Å². The molecular formula is C9H8N4O2S. The molecule has 0 radical (unpaired) electrons. The maximum absolute atomic E-state index is 10.6. The van der Waals surface area contributed by atoms with E-state index in [2.05, 4.69) is 10.2 Å². The number of nitrogens with zero attached hydrogens (tertiary/aromatic N) is 3. The molecule has 1 aromatic carbocycles. The van der Waals surface area contributed by atoms with Crippen molar-refractivity contribution in [2.45, 2.75) is 6.92 Å². The Morgan fingerprint density at radius 2 is 2.19 bits per heavy atom. The van der Waals surface area contributed by atoms with Crippen molar-refractivity contribution in [3.05, 3.63) is 33.9 Å². The average molecular weight is 236 g/mol. The molecule has 1 heterocycles. The van der Waals surface area contributed by atoms with Crippen LogP contribution in [0.3, 0.4) is 0 Å². The summed E-state index contributed by atoms with van der Waals surface area (Å²) in [7, 11) is 0. The summed E-state index contributed by atoms with van der Waals surface area (Å²) in [5, 5.41) is 19.2. The molecule has 0 aliphatic heterocycles. The highest BCUT2D eigenvalue weighted by atomic mass is 32.1. The van der Waals surface area contributed by atoms with Crippen LogP contribution in [0.15, 0.2) is 18.2 Å². The van der Waals surface area contributed by atoms with Crippen LogP contribution in [0.25, 0.3) is 10.6 Å². The van der Waals surface area contributed by atoms with Crippen molar-refractivity contribution in [2.75, 3.05) is 5.73 Å². The number of aryl methyl sites for hydroxylation is 1. The summed E-state index contributed by atoms with van der Waals surface area (Å²) in [4.78, 5) is 10.1. The normalized spacial score (nSPS) is 10.3. The van der Waals surface area contributed by atoms with E-state index in [1.54, 1.807) is 13.0 Å². The predicted octanol–water partition coefficient (Wildman–Crippen LogP) is 2.00. The van der Waals surface area contributed by atoms with Crippen LogP contribution in [0.4, 0.5) is 10.8 Å². The minimum absolute atomic E-state index is 0.0683. The van der Waals surface area contributed by atoms with Gasteiger partial charge in [0.15, 0.2) is 0 Å². The molecule has 2 N–H and O–H groups in total. The fraction of sp³-hybridized carbons (Fsp3) is 0.111. The van der Waals surface area contributed by atoms with Gasteiger partial charge in [-0.25, -0.2) is 0 Å². The Labute approximate surface area is 94.9 Å². The lowest BCUT2D eigenvalue weighted by Gasteiger charge is -2.00. The number of anilines is 1. The summed E-state index contributed by atoms with van der Waals surface area (Å²) >= 11 is 1.25. The highest BCUT2D eigenvalue weighted by molar-refractivity contribution is 7.18. The molecule has 6 nitrogen and oxygen atoms in total. The van der Waals surface area contributed by atoms with Crippen molar-refractivity contribution in [2.24, 2.45) is 0 Å². The largest absolute Gasteiger partial charge is 0.374 e. The SMILES string of the molecule is Cc1cc([N+](=O)[O-])ccc1-c1nnc(N)s1. The molecule has 0 bridgehead atoms. The third-order valence-electron chi connectivity index (χ3n) is 2.09. The molecule has 16 heavy (non-hydrogen) atoms. The molecule has 1 aromatic heterocycles. The first-order valence-electron chi connectivity index (χ1n) is 4.42. The van der Waals surface area contributed by atoms with Crippen LogP contribution >= 0.6 is 11.3 Å². The van der Waals surface area contributed by atoms with E-state index in [-0.39, 0.29) is 5.69 Å². The molecule has 0 saturated heterocycles. The molecule has 2 rings (SSSR count). The standard InChI is InChI=1S/C9H8N4O2S/c1-5-4-6(13(14)15)2-3-7(5)8-11-12-9(10)16-8/h2-4H,1H3,(H2,10,12). The van der Waals surface area contributed by atoms with Gasteiger partial charge in [0.2, 0.25) is 5.13 Å². The van der Waals surface area contributed by atoms with E-state index in [1.165, 1.54) is 23.5 Å². The number of benzene rings is 1. The Balaban J connectivity index is 2.47. The van der Waals surface area contributed by atoms with E-state index in [9.17, 15) is 10.1 Å². The number of non-ortho nitro benzene ring substituents is 1. The Kier molecular flexibility index (Phi) is 2.53. The number of nitrogens with two attached hydrogens (primary N) is 1. The molecule has 0 saturated carbocycles. The van der Waals surface area contributed by atoms with E-state index in [0.717, 1.165) is 11.1 Å². The molecule has 0 spiro atoms. The fourth-order valence-electron chi connectivity index (χ4n) is 1.34. The molecule has 0 atom stereocenters. The zero-order chi connectivity index (χ0) is 11.7. The van der Waals surface area contributed by atoms with Crippen molar-refractivity contribution in [3.8, 4) is 10.6 Å². The fourth-order valence-corrected chi connectivity index (χ4v) is 2.05. The van der Waals surface area contributed by atoms with E-state index in [1.807, 2.05) is 0 Å². The molecule has 0 unspecified atom stereocenters. The Bertz CT molecular complexity index is 552. The monoisotopic (exact) mass is 236 g/mol. The number of nitrogen functional groups attached to an aromatic ring is 1. The predicted molar refractivity (Wildman–Crippen MR) is 61.1 cm³/mol. The maximum atomic E-state index is 10.6. The molecule has 0 aliphatic carbocycles. The van der Waals surface area contributed by atoms with E-state index in [0.29, 0.717) is 10.1 Å². The van der Waals surface area contributed by atoms with Gasteiger partial charge in [-0.1, -0.05) is 11.3 Å². The van der Waals surface area contributed by atoms with Gasteiger partial charge in [0.1, 0.15) is 5.01 Å². The molecule has 2 aromatic rings. The second-order valence-corrected chi connectivity index (χ2v) is 4.21. The minimum atomic E-state index is -0.425. The Hall–Kier alpha value is -2.02.